The highest BCUT2D eigenvalue weighted by atomic mass is 32.1. The Morgan fingerprint density at radius 2 is 2.20 bits per heavy atom. The van der Waals surface area contributed by atoms with Gasteiger partial charge in [0, 0.05) is 12.3 Å². The van der Waals surface area contributed by atoms with Crippen molar-refractivity contribution in [2.24, 2.45) is 0 Å². The van der Waals surface area contributed by atoms with Crippen LogP contribution in [0.5, 0.6) is 5.75 Å². The lowest BCUT2D eigenvalue weighted by molar-refractivity contribution is 0.415. The molecule has 0 aliphatic carbocycles. The standard InChI is InChI=1S/C15H15N3OS/c1-10-4-3-7-16-13(10)9-18-14-6-5-11(19-2)8-12(14)17-15(18)20/h3-8H,9H2,1-2H3,(H,17,20). The number of ether oxygens (including phenoxy) is 1. The van der Waals surface area contributed by atoms with Crippen molar-refractivity contribution < 1.29 is 4.74 Å². The fraction of sp³-hybridized carbons (Fsp3) is 0.200. The fourth-order valence-corrected chi connectivity index (χ4v) is 2.53. The van der Waals surface area contributed by atoms with E-state index < -0.39 is 0 Å². The summed E-state index contributed by atoms with van der Waals surface area (Å²) in [5.41, 5.74) is 4.22. The van der Waals surface area contributed by atoms with Crippen LogP contribution in [0, 0.1) is 11.7 Å². The Labute approximate surface area is 122 Å². The van der Waals surface area contributed by atoms with Crippen molar-refractivity contribution in [3.8, 4) is 5.75 Å². The maximum atomic E-state index is 5.41. The molecule has 5 heteroatoms. The smallest absolute Gasteiger partial charge is 0.178 e. The summed E-state index contributed by atoms with van der Waals surface area (Å²) in [4.78, 5) is 7.64. The summed E-state index contributed by atoms with van der Waals surface area (Å²) >= 11 is 5.41. The van der Waals surface area contributed by atoms with E-state index in [0.717, 1.165) is 28.0 Å². The molecule has 0 radical (unpaired) electrons. The van der Waals surface area contributed by atoms with Crippen molar-refractivity contribution in [3.63, 3.8) is 0 Å². The van der Waals surface area contributed by atoms with Crippen LogP contribution >= 0.6 is 12.2 Å². The molecule has 0 fully saturated rings. The molecule has 2 aromatic heterocycles. The van der Waals surface area contributed by atoms with E-state index in [2.05, 4.69) is 27.5 Å². The lowest BCUT2D eigenvalue weighted by Crippen LogP contribution is -2.03. The number of H-pyrrole nitrogens is 1. The number of pyridine rings is 1. The van der Waals surface area contributed by atoms with Gasteiger partial charge in [-0.15, -0.1) is 0 Å². The van der Waals surface area contributed by atoms with Crippen molar-refractivity contribution >= 4 is 23.3 Å². The Bertz CT molecular complexity index is 819. The summed E-state index contributed by atoms with van der Waals surface area (Å²) in [5, 5.41) is 0. The number of methoxy groups -OCH3 is 1. The van der Waals surface area contributed by atoms with Gasteiger partial charge in [0.25, 0.3) is 0 Å². The highest BCUT2D eigenvalue weighted by Gasteiger charge is 2.08. The van der Waals surface area contributed by atoms with E-state index in [1.165, 1.54) is 0 Å². The molecule has 3 rings (SSSR count). The van der Waals surface area contributed by atoms with Gasteiger partial charge < -0.3 is 14.3 Å². The van der Waals surface area contributed by atoms with Gasteiger partial charge in [-0.2, -0.15) is 0 Å². The zero-order valence-corrected chi connectivity index (χ0v) is 12.2. The molecule has 3 aromatic rings. The number of aromatic nitrogens is 3. The number of imidazole rings is 1. The zero-order valence-electron chi connectivity index (χ0n) is 11.4. The average molecular weight is 285 g/mol. The van der Waals surface area contributed by atoms with Gasteiger partial charge in [-0.25, -0.2) is 0 Å². The Morgan fingerprint density at radius 1 is 1.35 bits per heavy atom. The zero-order chi connectivity index (χ0) is 14.1. The highest BCUT2D eigenvalue weighted by Crippen LogP contribution is 2.21. The minimum Gasteiger partial charge on any atom is -0.497 e. The van der Waals surface area contributed by atoms with Crippen molar-refractivity contribution in [3.05, 3.63) is 52.6 Å². The molecule has 0 atom stereocenters. The summed E-state index contributed by atoms with van der Waals surface area (Å²) in [5.74, 6) is 0.815. The molecule has 2 heterocycles. The Morgan fingerprint density at radius 3 is 2.95 bits per heavy atom. The third-order valence-corrected chi connectivity index (χ3v) is 3.73. The van der Waals surface area contributed by atoms with Gasteiger partial charge in [0.15, 0.2) is 4.77 Å². The molecule has 4 nitrogen and oxygen atoms in total. The SMILES string of the molecule is COc1ccc2c(c1)[nH]c(=S)n2Cc1ncccc1C. The molecule has 1 N–H and O–H groups in total. The maximum absolute atomic E-state index is 5.41. The van der Waals surface area contributed by atoms with Gasteiger partial charge in [-0.3, -0.25) is 4.98 Å². The monoisotopic (exact) mass is 285 g/mol. The van der Waals surface area contributed by atoms with Gasteiger partial charge in [0.2, 0.25) is 0 Å². The molecule has 0 bridgehead atoms. The van der Waals surface area contributed by atoms with Gasteiger partial charge >= 0.3 is 0 Å². The highest BCUT2D eigenvalue weighted by molar-refractivity contribution is 7.71. The number of hydrogen-bond donors (Lipinski definition) is 1. The number of nitrogens with zero attached hydrogens (tertiary/aromatic N) is 2. The normalized spacial score (nSPS) is 10.9. The number of fused-ring (bicyclic) bond motifs is 1. The van der Waals surface area contributed by atoms with Crippen LogP contribution < -0.4 is 4.74 Å². The Hall–Kier alpha value is -2.14. The number of aromatic amines is 1. The van der Waals surface area contributed by atoms with Crippen molar-refractivity contribution in [1.82, 2.24) is 14.5 Å². The molecule has 0 unspecified atom stereocenters. The average Bonchev–Trinajstić information content (AvgIpc) is 2.76. The molecule has 0 aliphatic rings. The molecule has 102 valence electrons. The van der Waals surface area contributed by atoms with Gasteiger partial charge in [-0.05, 0) is 42.9 Å². The van der Waals surface area contributed by atoms with Crippen LogP contribution in [-0.4, -0.2) is 21.6 Å². The predicted molar refractivity (Wildman–Crippen MR) is 81.8 cm³/mol. The van der Waals surface area contributed by atoms with E-state index in [4.69, 9.17) is 17.0 Å². The second-order valence-corrected chi connectivity index (χ2v) is 5.05. The lowest BCUT2D eigenvalue weighted by atomic mass is 10.2. The van der Waals surface area contributed by atoms with Crippen LogP contribution in [0.1, 0.15) is 11.3 Å². The topological polar surface area (TPSA) is 42.8 Å². The molecule has 0 amide bonds. The Kier molecular flexibility index (Phi) is 3.28. The first-order valence-corrected chi connectivity index (χ1v) is 6.77. The molecule has 0 saturated heterocycles. The summed E-state index contributed by atoms with van der Waals surface area (Å²) in [6, 6.07) is 9.90. The number of benzene rings is 1. The summed E-state index contributed by atoms with van der Waals surface area (Å²) in [6.07, 6.45) is 1.81. The van der Waals surface area contributed by atoms with Crippen LogP contribution in [-0.2, 0) is 6.54 Å². The molecule has 0 saturated carbocycles. The van der Waals surface area contributed by atoms with Crippen LogP contribution in [0.25, 0.3) is 11.0 Å². The van der Waals surface area contributed by atoms with Crippen LogP contribution in [0.15, 0.2) is 36.5 Å². The minimum atomic E-state index is 0.665. The van der Waals surface area contributed by atoms with Crippen LogP contribution in [0.4, 0.5) is 0 Å². The molecular weight excluding hydrogens is 270 g/mol. The summed E-state index contributed by atoms with van der Waals surface area (Å²) in [7, 11) is 1.66. The van der Waals surface area contributed by atoms with Gasteiger partial charge in [0.05, 0.1) is 30.4 Å². The van der Waals surface area contributed by atoms with Crippen molar-refractivity contribution in [1.29, 1.82) is 0 Å². The van der Waals surface area contributed by atoms with Crippen molar-refractivity contribution in [2.75, 3.05) is 7.11 Å². The van der Waals surface area contributed by atoms with E-state index in [9.17, 15) is 0 Å². The minimum absolute atomic E-state index is 0.665. The van der Waals surface area contributed by atoms with E-state index in [0.29, 0.717) is 11.3 Å². The van der Waals surface area contributed by atoms with E-state index >= 15 is 0 Å². The number of rotatable bonds is 3. The van der Waals surface area contributed by atoms with Gasteiger partial charge in [0.1, 0.15) is 5.75 Å². The number of hydrogen-bond acceptors (Lipinski definition) is 3. The number of nitrogens with one attached hydrogen (secondary N) is 1. The second-order valence-electron chi connectivity index (χ2n) is 4.67. The molecule has 0 spiro atoms. The first-order valence-electron chi connectivity index (χ1n) is 6.36. The molecule has 1 aromatic carbocycles. The molecular formula is C15H15N3OS. The fourth-order valence-electron chi connectivity index (χ4n) is 2.26. The molecule has 0 aliphatic heterocycles. The largest absolute Gasteiger partial charge is 0.497 e. The molecule has 20 heavy (non-hydrogen) atoms. The van der Waals surface area contributed by atoms with Crippen molar-refractivity contribution in [2.45, 2.75) is 13.5 Å². The third kappa shape index (κ3) is 2.20. The van der Waals surface area contributed by atoms with Crippen LogP contribution in [0.3, 0.4) is 0 Å². The number of aryl methyl sites for hydroxylation is 1. The van der Waals surface area contributed by atoms with Gasteiger partial charge in [-0.1, -0.05) is 6.07 Å². The summed E-state index contributed by atoms with van der Waals surface area (Å²) in [6.45, 7) is 2.72. The Balaban J connectivity index is 2.10. The quantitative estimate of drug-likeness (QED) is 0.749. The third-order valence-electron chi connectivity index (χ3n) is 3.41. The van der Waals surface area contributed by atoms with E-state index in [1.54, 1.807) is 7.11 Å². The second kappa shape index (κ2) is 5.09. The van der Waals surface area contributed by atoms with E-state index in [1.807, 2.05) is 30.5 Å². The lowest BCUT2D eigenvalue weighted by Gasteiger charge is -2.07. The van der Waals surface area contributed by atoms with E-state index in [-0.39, 0.29) is 0 Å². The van der Waals surface area contributed by atoms with Crippen LogP contribution in [0.2, 0.25) is 0 Å². The first-order chi connectivity index (χ1) is 9.69. The maximum Gasteiger partial charge on any atom is 0.178 e. The predicted octanol–water partition coefficient (Wildman–Crippen LogP) is 3.46. The first kappa shape index (κ1) is 12.9. The summed E-state index contributed by atoms with van der Waals surface area (Å²) < 4.78 is 7.98.